The Labute approximate surface area is 318 Å². The first kappa shape index (κ1) is 40.9. The molecule has 13 nitrogen and oxygen atoms in total. The van der Waals surface area contributed by atoms with Gasteiger partial charge in [0.05, 0.1) is 17.5 Å². The van der Waals surface area contributed by atoms with Gasteiger partial charge in [0.2, 0.25) is 0 Å². The van der Waals surface area contributed by atoms with Crippen LogP contribution in [0.25, 0.3) is 27.7 Å². The summed E-state index contributed by atoms with van der Waals surface area (Å²) in [6, 6.07) is 8.74. The lowest BCUT2D eigenvalue weighted by atomic mass is 9.84. The average molecular weight is 747 g/mol. The number of amides is 2. The predicted octanol–water partition coefficient (Wildman–Crippen LogP) is 5.55. The van der Waals surface area contributed by atoms with Gasteiger partial charge in [0.25, 0.3) is 5.91 Å². The van der Waals surface area contributed by atoms with E-state index in [-0.39, 0.29) is 24.7 Å². The largest absolute Gasteiger partial charge is 0.480 e. The maximum atomic E-state index is 13.9. The Hall–Kier alpha value is -4.30. The van der Waals surface area contributed by atoms with Crippen molar-refractivity contribution in [2.45, 2.75) is 104 Å². The lowest BCUT2D eigenvalue weighted by Gasteiger charge is -2.36. The summed E-state index contributed by atoms with van der Waals surface area (Å²) in [6.07, 6.45) is 5.41. The lowest BCUT2D eigenvalue weighted by molar-refractivity contribution is -0.148. The van der Waals surface area contributed by atoms with E-state index in [1.165, 1.54) is 5.01 Å². The van der Waals surface area contributed by atoms with Gasteiger partial charge in [-0.3, -0.25) is 24.5 Å². The number of pyridine rings is 1. The van der Waals surface area contributed by atoms with Gasteiger partial charge in [0.1, 0.15) is 17.7 Å². The quantitative estimate of drug-likeness (QED) is 0.175. The molecule has 1 fully saturated rings. The third-order valence-electron chi connectivity index (χ3n) is 10.2. The number of alkyl carbamates (subject to hydrolysis) is 1. The molecule has 3 aromatic rings. The van der Waals surface area contributed by atoms with Gasteiger partial charge in [-0.15, -0.1) is 0 Å². The molecule has 1 saturated heterocycles. The molecule has 0 bridgehead atoms. The molecule has 0 saturated carbocycles. The minimum Gasteiger partial charge on any atom is -0.480 e. The fourth-order valence-corrected chi connectivity index (χ4v) is 7.40. The Morgan fingerprint density at radius 2 is 1.89 bits per heavy atom. The number of benzene rings is 1. The number of aliphatic hydroxyl groups is 1. The van der Waals surface area contributed by atoms with E-state index in [0.29, 0.717) is 38.9 Å². The molecule has 2 amide bonds. The Kier molecular flexibility index (Phi) is 12.9. The van der Waals surface area contributed by atoms with E-state index in [1.807, 2.05) is 13.0 Å². The number of fused-ring (bicyclic) bond motifs is 1. The zero-order valence-electron chi connectivity index (χ0n) is 33.1. The molecule has 2 aliphatic rings. The van der Waals surface area contributed by atoms with Gasteiger partial charge in [-0.2, -0.15) is 0 Å². The van der Waals surface area contributed by atoms with Crippen LogP contribution in [-0.4, -0.2) is 105 Å². The maximum absolute atomic E-state index is 13.9. The fraction of sp³-hybridized carbons (Fsp3) is 0.561. The van der Waals surface area contributed by atoms with Crippen molar-refractivity contribution in [3.05, 3.63) is 59.4 Å². The van der Waals surface area contributed by atoms with Gasteiger partial charge in [-0.05, 0) is 107 Å². The number of hydrogen-bond donors (Lipinski definition) is 4. The number of ether oxygens (including phenoxy) is 2. The zero-order valence-corrected chi connectivity index (χ0v) is 33.1. The number of nitrogens with zero attached hydrogens (tertiary/aromatic N) is 4. The summed E-state index contributed by atoms with van der Waals surface area (Å²) in [5.74, 6) is -1.44. The SMILES string of the molecule is CCn1c(-c2cccnc2[C@H](C)OC)c(CC(C)(C)CO)c2cc(C3=CCCN(CC(NC(=O)OC(C)(C)C)C(=O)N4CCC[C@@H](C(=O)O)N4)C3)ccc21. The summed E-state index contributed by atoms with van der Waals surface area (Å²) in [5, 5.41) is 25.2. The van der Waals surface area contributed by atoms with Crippen LogP contribution in [0.1, 0.15) is 90.7 Å². The van der Waals surface area contributed by atoms with Crippen molar-refractivity contribution in [1.29, 1.82) is 0 Å². The first-order valence-electron chi connectivity index (χ1n) is 19.0. The van der Waals surface area contributed by atoms with Crippen molar-refractivity contribution >= 4 is 34.4 Å². The number of carboxylic acid groups (broad SMARTS) is 1. The number of hydrogen-bond acceptors (Lipinski definition) is 9. The molecule has 294 valence electrons. The molecule has 2 aliphatic heterocycles. The van der Waals surface area contributed by atoms with Crippen LogP contribution in [0.3, 0.4) is 0 Å². The number of hydrazine groups is 1. The third kappa shape index (κ3) is 9.49. The van der Waals surface area contributed by atoms with Crippen LogP contribution in [0.4, 0.5) is 4.79 Å². The number of carbonyl (C=O) groups is 3. The molecule has 0 aliphatic carbocycles. The van der Waals surface area contributed by atoms with Gasteiger partial charge in [-0.1, -0.05) is 26.0 Å². The van der Waals surface area contributed by atoms with E-state index in [9.17, 15) is 24.6 Å². The predicted molar refractivity (Wildman–Crippen MR) is 209 cm³/mol. The topological polar surface area (TPSA) is 158 Å². The van der Waals surface area contributed by atoms with Gasteiger partial charge < -0.3 is 29.6 Å². The van der Waals surface area contributed by atoms with Crippen LogP contribution < -0.4 is 10.7 Å². The van der Waals surface area contributed by atoms with Crippen molar-refractivity contribution in [3.8, 4) is 11.3 Å². The van der Waals surface area contributed by atoms with E-state index >= 15 is 0 Å². The summed E-state index contributed by atoms with van der Waals surface area (Å²) in [5.41, 5.74) is 9.00. The molecule has 0 radical (unpaired) electrons. The molecule has 1 aromatic carbocycles. The molecule has 54 heavy (non-hydrogen) atoms. The van der Waals surface area contributed by atoms with Crippen LogP contribution in [0.5, 0.6) is 0 Å². The smallest absolute Gasteiger partial charge is 0.408 e. The second-order valence-corrected chi connectivity index (χ2v) is 16.2. The van der Waals surface area contributed by atoms with Gasteiger partial charge in [0.15, 0.2) is 0 Å². The van der Waals surface area contributed by atoms with Crippen molar-refractivity contribution in [2.75, 3.05) is 39.9 Å². The number of aliphatic hydroxyl groups excluding tert-OH is 1. The van der Waals surface area contributed by atoms with E-state index in [2.05, 4.69) is 71.3 Å². The number of aromatic nitrogens is 2. The maximum Gasteiger partial charge on any atom is 0.408 e. The molecule has 0 spiro atoms. The fourth-order valence-electron chi connectivity index (χ4n) is 7.40. The Morgan fingerprint density at radius 1 is 1.13 bits per heavy atom. The van der Waals surface area contributed by atoms with Crippen molar-refractivity contribution in [2.24, 2.45) is 5.41 Å². The van der Waals surface area contributed by atoms with E-state index in [4.69, 9.17) is 14.5 Å². The summed E-state index contributed by atoms with van der Waals surface area (Å²) in [4.78, 5) is 45.5. The van der Waals surface area contributed by atoms with Gasteiger partial charge >= 0.3 is 12.1 Å². The van der Waals surface area contributed by atoms with Gasteiger partial charge in [-0.25, -0.2) is 10.2 Å². The highest BCUT2D eigenvalue weighted by Crippen LogP contribution is 2.41. The average Bonchev–Trinajstić information content (AvgIpc) is 3.44. The Balaban J connectivity index is 1.49. The first-order chi connectivity index (χ1) is 25.6. The first-order valence-corrected chi connectivity index (χ1v) is 19.0. The van der Waals surface area contributed by atoms with E-state index in [1.54, 1.807) is 34.1 Å². The van der Waals surface area contributed by atoms with Crippen LogP contribution in [0.2, 0.25) is 0 Å². The van der Waals surface area contributed by atoms with Crippen LogP contribution >= 0.6 is 0 Å². The minimum absolute atomic E-state index is 0.0283. The molecule has 4 heterocycles. The molecule has 5 rings (SSSR count). The minimum atomic E-state index is -1.03. The summed E-state index contributed by atoms with van der Waals surface area (Å²) >= 11 is 0. The normalized spacial score (nSPS) is 18.3. The van der Waals surface area contributed by atoms with Crippen LogP contribution in [-0.2, 0) is 32.0 Å². The van der Waals surface area contributed by atoms with Crippen molar-refractivity contribution in [3.63, 3.8) is 0 Å². The number of rotatable bonds is 13. The molecular formula is C41H58N6O7. The number of aliphatic carboxylic acids is 1. The summed E-state index contributed by atoms with van der Waals surface area (Å²) in [6.45, 7) is 16.1. The molecule has 13 heteroatoms. The van der Waals surface area contributed by atoms with Crippen molar-refractivity contribution in [1.82, 2.24) is 30.2 Å². The zero-order chi connectivity index (χ0) is 39.4. The van der Waals surface area contributed by atoms with E-state index < -0.39 is 35.7 Å². The van der Waals surface area contributed by atoms with E-state index in [0.717, 1.165) is 57.5 Å². The van der Waals surface area contributed by atoms with Crippen LogP contribution in [0.15, 0.2) is 42.6 Å². The molecule has 4 N–H and O–H groups in total. The molecular weight excluding hydrogens is 688 g/mol. The summed E-state index contributed by atoms with van der Waals surface area (Å²) in [7, 11) is 1.69. The second-order valence-electron chi connectivity index (χ2n) is 16.2. The van der Waals surface area contributed by atoms with Gasteiger partial charge in [0, 0.05) is 69.1 Å². The number of methoxy groups -OCH3 is 1. The highest BCUT2D eigenvalue weighted by atomic mass is 16.6. The highest BCUT2D eigenvalue weighted by molar-refractivity contribution is 5.95. The number of nitrogens with one attached hydrogen (secondary N) is 2. The molecule has 1 unspecified atom stereocenters. The molecule has 3 atom stereocenters. The van der Waals surface area contributed by atoms with Crippen molar-refractivity contribution < 1.29 is 34.1 Å². The summed E-state index contributed by atoms with van der Waals surface area (Å²) < 4.78 is 13.6. The third-order valence-corrected chi connectivity index (χ3v) is 10.2. The Morgan fingerprint density at radius 3 is 2.56 bits per heavy atom. The number of carbonyl (C=O) groups excluding carboxylic acids is 2. The number of aryl methyl sites for hydroxylation is 1. The molecule has 2 aromatic heterocycles. The number of carboxylic acids is 1. The standard InChI is InChI=1S/C41H58N6O7/c1-9-46-34-17-16-27(21-30(34)31(22-41(6,7)25-48)36(46)29-14-10-18-42-35(29)26(2)53-8)28-13-11-19-45(23-28)24-33(43-39(52)54-40(3,4)5)37(49)47-20-12-15-32(44-47)38(50)51/h10,13-14,16-18,21,26,32-33,44,48H,9,11-12,15,19-20,22-25H2,1-8H3,(H,43,52)(H,50,51)/t26-,32-,33?/m0/s1. The lowest BCUT2D eigenvalue weighted by Crippen LogP contribution is -2.62. The Bertz CT molecular complexity index is 1860. The monoisotopic (exact) mass is 746 g/mol. The van der Waals surface area contributed by atoms with Crippen LogP contribution in [0, 0.1) is 5.41 Å². The second kappa shape index (κ2) is 17.0. The highest BCUT2D eigenvalue weighted by Gasteiger charge is 2.35.